The molecular formula is C12H16O3. The molecule has 0 spiro atoms. The Labute approximate surface area is 89.6 Å². The van der Waals surface area contributed by atoms with E-state index in [1.165, 1.54) is 0 Å². The Hall–Kier alpha value is -1.22. The van der Waals surface area contributed by atoms with E-state index in [0.29, 0.717) is 13.2 Å². The van der Waals surface area contributed by atoms with E-state index in [0.717, 1.165) is 17.1 Å². The second-order valence-electron chi connectivity index (χ2n) is 4.09. The fraction of sp³-hybridized carbons (Fsp3) is 0.500. The Kier molecular flexibility index (Phi) is 2.82. The highest BCUT2D eigenvalue weighted by Gasteiger charge is 2.17. The van der Waals surface area contributed by atoms with Crippen molar-refractivity contribution in [2.24, 2.45) is 5.92 Å². The number of fused-ring (bicyclic) bond motifs is 1. The van der Waals surface area contributed by atoms with Gasteiger partial charge in [-0.2, -0.15) is 0 Å². The van der Waals surface area contributed by atoms with E-state index in [2.05, 4.69) is 0 Å². The van der Waals surface area contributed by atoms with Crippen LogP contribution in [0.5, 0.6) is 11.5 Å². The van der Waals surface area contributed by atoms with Gasteiger partial charge in [0.15, 0.2) is 11.5 Å². The second kappa shape index (κ2) is 4.11. The zero-order chi connectivity index (χ0) is 10.8. The van der Waals surface area contributed by atoms with Gasteiger partial charge in [-0.3, -0.25) is 0 Å². The van der Waals surface area contributed by atoms with Gasteiger partial charge in [0.2, 0.25) is 0 Å². The maximum absolute atomic E-state index is 9.90. The van der Waals surface area contributed by atoms with Crippen LogP contribution in [-0.4, -0.2) is 18.3 Å². The molecule has 0 aliphatic carbocycles. The van der Waals surface area contributed by atoms with Crippen molar-refractivity contribution >= 4 is 0 Å². The average Bonchev–Trinajstić information content (AvgIpc) is 2.27. The Morgan fingerprint density at radius 2 is 1.80 bits per heavy atom. The third-order valence-electron chi connectivity index (χ3n) is 2.54. The number of rotatable bonds is 2. The molecule has 3 heteroatoms. The molecule has 0 radical (unpaired) electrons. The minimum atomic E-state index is -0.444. The lowest BCUT2D eigenvalue weighted by Gasteiger charge is -2.21. The highest BCUT2D eigenvalue weighted by Crippen LogP contribution is 2.34. The largest absolute Gasteiger partial charge is 0.486 e. The molecule has 1 unspecified atom stereocenters. The van der Waals surface area contributed by atoms with Crippen molar-refractivity contribution in [1.29, 1.82) is 0 Å². The number of aliphatic hydroxyl groups excluding tert-OH is 1. The molecule has 1 aliphatic heterocycles. The highest BCUT2D eigenvalue weighted by atomic mass is 16.6. The maximum atomic E-state index is 9.90. The lowest BCUT2D eigenvalue weighted by atomic mass is 9.99. The summed E-state index contributed by atoms with van der Waals surface area (Å²) in [7, 11) is 0. The van der Waals surface area contributed by atoms with Crippen LogP contribution in [0, 0.1) is 5.92 Å². The topological polar surface area (TPSA) is 38.7 Å². The van der Waals surface area contributed by atoms with Crippen molar-refractivity contribution in [3.05, 3.63) is 23.8 Å². The molecule has 1 aromatic carbocycles. The molecule has 0 saturated heterocycles. The van der Waals surface area contributed by atoms with Gasteiger partial charge in [-0.15, -0.1) is 0 Å². The summed E-state index contributed by atoms with van der Waals surface area (Å²) in [5.41, 5.74) is 0.884. The highest BCUT2D eigenvalue weighted by molar-refractivity contribution is 5.44. The number of hydrogen-bond acceptors (Lipinski definition) is 3. The van der Waals surface area contributed by atoms with Gasteiger partial charge in [0, 0.05) is 0 Å². The van der Waals surface area contributed by atoms with E-state index in [1.807, 2.05) is 32.0 Å². The van der Waals surface area contributed by atoms with Crippen LogP contribution in [0.1, 0.15) is 25.5 Å². The zero-order valence-corrected chi connectivity index (χ0v) is 9.06. The van der Waals surface area contributed by atoms with Gasteiger partial charge in [-0.25, -0.2) is 0 Å². The normalized spacial score (nSPS) is 16.5. The van der Waals surface area contributed by atoms with Crippen LogP contribution >= 0.6 is 0 Å². The van der Waals surface area contributed by atoms with Crippen LogP contribution in [0.25, 0.3) is 0 Å². The Morgan fingerprint density at radius 3 is 2.47 bits per heavy atom. The zero-order valence-electron chi connectivity index (χ0n) is 9.06. The molecule has 1 aliphatic rings. The van der Waals surface area contributed by atoms with Crippen molar-refractivity contribution in [2.75, 3.05) is 13.2 Å². The molecule has 0 amide bonds. The summed E-state index contributed by atoms with van der Waals surface area (Å²) in [4.78, 5) is 0. The molecular weight excluding hydrogens is 192 g/mol. The quantitative estimate of drug-likeness (QED) is 0.809. The Bertz CT molecular complexity index is 347. The van der Waals surface area contributed by atoms with Crippen LogP contribution < -0.4 is 9.47 Å². The molecule has 0 bridgehead atoms. The van der Waals surface area contributed by atoms with Gasteiger partial charge >= 0.3 is 0 Å². The minimum absolute atomic E-state index is 0.201. The molecule has 0 aromatic heterocycles. The first-order chi connectivity index (χ1) is 7.18. The molecule has 2 rings (SSSR count). The van der Waals surface area contributed by atoms with E-state index in [1.54, 1.807) is 0 Å². The van der Waals surface area contributed by atoms with E-state index < -0.39 is 6.10 Å². The molecule has 0 fully saturated rings. The van der Waals surface area contributed by atoms with Gasteiger partial charge in [0.1, 0.15) is 13.2 Å². The predicted octanol–water partition coefficient (Wildman–Crippen LogP) is 2.15. The third-order valence-corrected chi connectivity index (χ3v) is 2.54. The van der Waals surface area contributed by atoms with Gasteiger partial charge in [-0.05, 0) is 23.6 Å². The van der Waals surface area contributed by atoms with Gasteiger partial charge in [-0.1, -0.05) is 19.9 Å². The van der Waals surface area contributed by atoms with E-state index in [4.69, 9.17) is 9.47 Å². The molecule has 0 saturated carbocycles. The Morgan fingerprint density at radius 1 is 1.13 bits per heavy atom. The minimum Gasteiger partial charge on any atom is -0.486 e. The van der Waals surface area contributed by atoms with Crippen molar-refractivity contribution < 1.29 is 14.6 Å². The summed E-state index contributed by atoms with van der Waals surface area (Å²) in [6.45, 7) is 5.15. The van der Waals surface area contributed by atoms with Crippen molar-refractivity contribution in [3.8, 4) is 11.5 Å². The molecule has 1 atom stereocenters. The molecule has 1 heterocycles. The van der Waals surface area contributed by atoms with Gasteiger partial charge in [0.05, 0.1) is 6.10 Å². The third kappa shape index (κ3) is 2.07. The second-order valence-corrected chi connectivity index (χ2v) is 4.09. The van der Waals surface area contributed by atoms with E-state index in [-0.39, 0.29) is 5.92 Å². The molecule has 15 heavy (non-hydrogen) atoms. The summed E-state index contributed by atoms with van der Waals surface area (Å²) < 4.78 is 10.9. The summed E-state index contributed by atoms with van der Waals surface area (Å²) in [5, 5.41) is 9.90. The molecule has 1 N–H and O–H groups in total. The molecule has 3 nitrogen and oxygen atoms in total. The fourth-order valence-corrected chi connectivity index (χ4v) is 1.63. The van der Waals surface area contributed by atoms with Crippen molar-refractivity contribution in [1.82, 2.24) is 0 Å². The van der Waals surface area contributed by atoms with E-state index >= 15 is 0 Å². The van der Waals surface area contributed by atoms with Crippen LogP contribution in [-0.2, 0) is 0 Å². The van der Waals surface area contributed by atoms with E-state index in [9.17, 15) is 5.11 Å². The van der Waals surface area contributed by atoms with Gasteiger partial charge in [0.25, 0.3) is 0 Å². The number of benzene rings is 1. The van der Waals surface area contributed by atoms with Crippen molar-refractivity contribution in [2.45, 2.75) is 20.0 Å². The average molecular weight is 208 g/mol. The summed E-state index contributed by atoms with van der Waals surface area (Å²) in [5.74, 6) is 1.70. The van der Waals surface area contributed by atoms with Crippen LogP contribution in [0.3, 0.4) is 0 Å². The monoisotopic (exact) mass is 208 g/mol. The number of aliphatic hydroxyl groups is 1. The summed E-state index contributed by atoms with van der Waals surface area (Å²) >= 11 is 0. The molecule has 1 aromatic rings. The Balaban J connectivity index is 2.27. The smallest absolute Gasteiger partial charge is 0.161 e. The first kappa shape index (κ1) is 10.3. The first-order valence-corrected chi connectivity index (χ1v) is 5.26. The standard InChI is InChI=1S/C12H16O3/c1-8(2)12(13)9-3-4-10-11(7-9)15-6-5-14-10/h3-4,7-8,12-13H,5-6H2,1-2H3. The SMILES string of the molecule is CC(C)C(O)c1ccc2c(c1)OCCO2. The number of ether oxygens (including phenoxy) is 2. The summed E-state index contributed by atoms with van der Waals surface area (Å²) in [6.07, 6.45) is -0.444. The van der Waals surface area contributed by atoms with Gasteiger partial charge < -0.3 is 14.6 Å². The fourth-order valence-electron chi connectivity index (χ4n) is 1.63. The van der Waals surface area contributed by atoms with Crippen LogP contribution in [0.2, 0.25) is 0 Å². The lowest BCUT2D eigenvalue weighted by molar-refractivity contribution is 0.125. The summed E-state index contributed by atoms with van der Waals surface area (Å²) in [6, 6.07) is 5.60. The van der Waals surface area contributed by atoms with Crippen molar-refractivity contribution in [3.63, 3.8) is 0 Å². The molecule has 82 valence electrons. The maximum Gasteiger partial charge on any atom is 0.161 e. The number of hydrogen-bond donors (Lipinski definition) is 1. The predicted molar refractivity (Wildman–Crippen MR) is 57.2 cm³/mol. The lowest BCUT2D eigenvalue weighted by Crippen LogP contribution is -2.16. The first-order valence-electron chi connectivity index (χ1n) is 5.26. The van der Waals surface area contributed by atoms with Crippen LogP contribution in [0.15, 0.2) is 18.2 Å². The van der Waals surface area contributed by atoms with Crippen LogP contribution in [0.4, 0.5) is 0 Å².